The van der Waals surface area contributed by atoms with Crippen molar-refractivity contribution in [2.24, 2.45) is 29.2 Å². The van der Waals surface area contributed by atoms with E-state index >= 15 is 0 Å². The van der Waals surface area contributed by atoms with Gasteiger partial charge in [-0.05, 0) is 74.1 Å². The van der Waals surface area contributed by atoms with Crippen molar-refractivity contribution in [3.63, 3.8) is 0 Å². The van der Waals surface area contributed by atoms with Crippen LogP contribution in [0, 0.1) is 17.8 Å². The summed E-state index contributed by atoms with van der Waals surface area (Å²) in [6, 6.07) is 8.51. The maximum Gasteiger partial charge on any atom is 0.226 e. The number of nitrogens with zero attached hydrogens (tertiary/aromatic N) is 1. The number of nitrogens with one attached hydrogen (secondary N) is 1. The Bertz CT molecular complexity index is 1610. The molecule has 0 aromatic heterocycles. The van der Waals surface area contributed by atoms with Crippen LogP contribution >= 0.6 is 11.8 Å². The molecule has 4 bridgehead atoms. The minimum atomic E-state index is -1.12. The number of ether oxygens (including phenoxy) is 2. The Labute approximate surface area is 311 Å². The van der Waals surface area contributed by atoms with E-state index < -0.39 is 41.5 Å². The maximum atomic E-state index is 14.4. The smallest absolute Gasteiger partial charge is 0.226 e. The van der Waals surface area contributed by atoms with Crippen LogP contribution in [0.5, 0.6) is 11.5 Å². The van der Waals surface area contributed by atoms with E-state index in [0.717, 1.165) is 0 Å². The summed E-state index contributed by atoms with van der Waals surface area (Å²) in [6.45, 7) is 7.02. The highest BCUT2D eigenvalue weighted by atomic mass is 32.2. The highest BCUT2D eigenvalue weighted by molar-refractivity contribution is 7.98. The zero-order valence-corrected chi connectivity index (χ0v) is 32.0. The molecule has 1 aliphatic heterocycles. The van der Waals surface area contributed by atoms with Gasteiger partial charge in [0.05, 0.1) is 6.04 Å². The fourth-order valence-electron chi connectivity index (χ4n) is 6.28. The number of rotatable bonds is 17. The zero-order chi connectivity index (χ0) is 38.5. The number of likely N-dealkylation sites (N-methyl/N-ethyl adjacent to an activating group) is 1. The third kappa shape index (κ3) is 11.5. The molecule has 5 N–H and O–H groups in total. The van der Waals surface area contributed by atoms with Gasteiger partial charge >= 0.3 is 0 Å². The van der Waals surface area contributed by atoms with Crippen LogP contribution in [0.4, 0.5) is 0 Å². The van der Waals surface area contributed by atoms with Crippen molar-refractivity contribution in [3.05, 3.63) is 47.5 Å². The van der Waals surface area contributed by atoms with Crippen molar-refractivity contribution < 1.29 is 38.2 Å². The molecule has 0 fully saturated rings. The molecular formula is C39H54N4O8S. The molecule has 5 atom stereocenters. The summed E-state index contributed by atoms with van der Waals surface area (Å²) in [5.74, 6) is -2.32. The summed E-state index contributed by atoms with van der Waals surface area (Å²) in [5.41, 5.74) is 13.9. The third-order valence-corrected chi connectivity index (χ3v) is 9.94. The number of amides is 2. The highest BCUT2D eigenvalue weighted by Gasteiger charge is 2.36. The van der Waals surface area contributed by atoms with Gasteiger partial charge in [0.25, 0.3) is 0 Å². The minimum Gasteiger partial charge on any atom is -0.492 e. The highest BCUT2D eigenvalue weighted by Crippen LogP contribution is 2.41. The van der Waals surface area contributed by atoms with E-state index in [1.54, 1.807) is 63.0 Å². The van der Waals surface area contributed by atoms with Crippen LogP contribution < -0.4 is 26.3 Å². The van der Waals surface area contributed by atoms with E-state index in [1.807, 2.05) is 12.3 Å². The first-order valence-corrected chi connectivity index (χ1v) is 19.2. The maximum absolute atomic E-state index is 14.4. The van der Waals surface area contributed by atoms with Crippen LogP contribution in [0.1, 0.15) is 70.5 Å². The number of ketones is 4. The van der Waals surface area contributed by atoms with Crippen LogP contribution in [0.15, 0.2) is 36.4 Å². The molecule has 13 heteroatoms. The van der Waals surface area contributed by atoms with Gasteiger partial charge in [-0.1, -0.05) is 26.0 Å². The van der Waals surface area contributed by atoms with Gasteiger partial charge < -0.3 is 36.0 Å². The van der Waals surface area contributed by atoms with Crippen molar-refractivity contribution in [3.8, 4) is 22.6 Å². The Hall–Kier alpha value is -4.07. The molecule has 0 unspecified atom stereocenters. The Morgan fingerprint density at radius 2 is 1.56 bits per heavy atom. The predicted molar refractivity (Wildman–Crippen MR) is 202 cm³/mol. The van der Waals surface area contributed by atoms with Crippen LogP contribution in [-0.2, 0) is 35.2 Å². The average Bonchev–Trinajstić information content (AvgIpc) is 3.10. The van der Waals surface area contributed by atoms with Gasteiger partial charge in [-0.2, -0.15) is 11.8 Å². The molecule has 12 nitrogen and oxygen atoms in total. The van der Waals surface area contributed by atoms with Crippen LogP contribution in [0.25, 0.3) is 11.1 Å². The summed E-state index contributed by atoms with van der Waals surface area (Å²) in [6.07, 6.45) is 2.22. The number of hydrogen-bond acceptors (Lipinski definition) is 11. The summed E-state index contributed by atoms with van der Waals surface area (Å²) in [4.78, 5) is 81.5. The van der Waals surface area contributed by atoms with Crippen molar-refractivity contribution in [2.75, 3.05) is 45.4 Å². The molecule has 2 aromatic carbocycles. The molecule has 1 aliphatic rings. The molecule has 0 aliphatic carbocycles. The molecule has 52 heavy (non-hydrogen) atoms. The first kappa shape index (κ1) is 42.3. The lowest BCUT2D eigenvalue weighted by atomic mass is 9.88. The molecule has 0 spiro atoms. The zero-order valence-electron chi connectivity index (χ0n) is 31.2. The number of thioether (sulfide) groups is 1. The van der Waals surface area contributed by atoms with Gasteiger partial charge in [-0.25, -0.2) is 0 Å². The second kappa shape index (κ2) is 20.2. The summed E-state index contributed by atoms with van der Waals surface area (Å²) in [5, 5.41) is 2.86. The van der Waals surface area contributed by atoms with E-state index in [-0.39, 0.29) is 75.2 Å². The summed E-state index contributed by atoms with van der Waals surface area (Å²) >= 11 is 1.56. The van der Waals surface area contributed by atoms with E-state index in [9.17, 15) is 28.8 Å². The Kier molecular flexibility index (Phi) is 16.5. The van der Waals surface area contributed by atoms with Gasteiger partial charge in [-0.3, -0.25) is 24.0 Å². The molecule has 284 valence electrons. The van der Waals surface area contributed by atoms with E-state index in [0.29, 0.717) is 45.9 Å². The van der Waals surface area contributed by atoms with Gasteiger partial charge in [0.1, 0.15) is 42.3 Å². The SMILES string of the molecule is CSCC[C@H](CC(C)=O)C(=O)N(C)[C@@H]1C(=O)C[C@@H](C)C(=O)N[C@H](C(=O)C[C@@H](C)C(C)=O)Cc2ccc(OCCN)c(c2)-c2cc1ccc2OCCN. The lowest BCUT2D eigenvalue weighted by molar-refractivity contribution is -0.143. The number of hydrogen-bond donors (Lipinski definition) is 3. The Balaban J connectivity index is 2.30. The van der Waals surface area contributed by atoms with Crippen LogP contribution in [0.3, 0.4) is 0 Å². The predicted octanol–water partition coefficient (Wildman–Crippen LogP) is 3.70. The third-order valence-electron chi connectivity index (χ3n) is 9.30. The fourth-order valence-corrected chi connectivity index (χ4v) is 6.80. The Morgan fingerprint density at radius 3 is 2.13 bits per heavy atom. The lowest BCUT2D eigenvalue weighted by Gasteiger charge is -2.32. The summed E-state index contributed by atoms with van der Waals surface area (Å²) in [7, 11) is 1.55. The summed E-state index contributed by atoms with van der Waals surface area (Å²) < 4.78 is 12.2. The monoisotopic (exact) mass is 738 g/mol. The molecular weight excluding hydrogens is 685 g/mol. The Morgan fingerprint density at radius 1 is 0.942 bits per heavy atom. The van der Waals surface area contributed by atoms with Gasteiger partial charge in [0.2, 0.25) is 11.8 Å². The van der Waals surface area contributed by atoms with Crippen LogP contribution in [-0.4, -0.2) is 91.2 Å². The number of carbonyl (C=O) groups excluding carboxylic acids is 6. The quantitative estimate of drug-likeness (QED) is 0.215. The van der Waals surface area contributed by atoms with Crippen molar-refractivity contribution in [2.45, 2.75) is 71.9 Å². The van der Waals surface area contributed by atoms with Gasteiger partial charge in [-0.15, -0.1) is 0 Å². The molecule has 0 saturated heterocycles. The van der Waals surface area contributed by atoms with Gasteiger partial charge in [0, 0.05) is 68.3 Å². The number of benzene rings is 2. The second-order valence-corrected chi connectivity index (χ2v) is 14.6. The van der Waals surface area contributed by atoms with E-state index in [1.165, 1.54) is 18.7 Å². The number of fused-ring (bicyclic) bond motifs is 5. The lowest BCUT2D eigenvalue weighted by Crippen LogP contribution is -2.46. The average molecular weight is 739 g/mol. The van der Waals surface area contributed by atoms with E-state index in [4.69, 9.17) is 20.9 Å². The molecule has 2 amide bonds. The molecule has 2 aromatic rings. The second-order valence-electron chi connectivity index (χ2n) is 13.6. The topological polar surface area (TPSA) is 188 Å². The first-order chi connectivity index (χ1) is 24.7. The normalized spacial score (nSPS) is 18.7. The minimum absolute atomic E-state index is 0.0346. The van der Waals surface area contributed by atoms with Gasteiger partial charge in [0.15, 0.2) is 11.6 Å². The molecule has 0 radical (unpaired) electrons. The number of nitrogens with two attached hydrogens (primary N) is 2. The van der Waals surface area contributed by atoms with Crippen molar-refractivity contribution in [1.82, 2.24) is 10.2 Å². The fraction of sp³-hybridized carbons (Fsp3) is 0.538. The molecule has 0 saturated carbocycles. The molecule has 3 rings (SSSR count). The van der Waals surface area contributed by atoms with Crippen LogP contribution in [0.2, 0.25) is 0 Å². The first-order valence-electron chi connectivity index (χ1n) is 17.8. The number of carbonyl (C=O) groups is 6. The number of Topliss-reactive ketones (excluding diaryl/α,β-unsaturated/α-hetero) is 4. The largest absolute Gasteiger partial charge is 0.492 e. The van der Waals surface area contributed by atoms with Crippen molar-refractivity contribution in [1.29, 1.82) is 0 Å². The van der Waals surface area contributed by atoms with Crippen molar-refractivity contribution >= 4 is 46.7 Å². The van der Waals surface area contributed by atoms with E-state index in [2.05, 4.69) is 5.32 Å². The standard InChI is InChI=1S/C39H54N4O8S/c1-23(26(4)45)17-33(46)32-21-27-7-9-35(50-14-12-40)30(20-27)31-22-28(8-10-36(31)51-15-13-41)37(34(47)18-24(2)38(48)42-32)43(5)39(49)29(11-16-52-6)19-25(3)44/h7-10,20,22-24,29,32,37H,11-19,21,40-41H2,1-6H3,(H,42,48)/t23-,24-,29-,32+,37+/m1/s1. The molecule has 1 heterocycles.